The number of pyridine rings is 2. The van der Waals surface area contributed by atoms with Gasteiger partial charge in [0.05, 0.1) is 11.7 Å². The summed E-state index contributed by atoms with van der Waals surface area (Å²) in [6.07, 6.45) is 2.53. The Kier molecular flexibility index (Phi) is 4.62. The van der Waals surface area contributed by atoms with E-state index in [4.69, 9.17) is 0 Å². The van der Waals surface area contributed by atoms with Crippen molar-refractivity contribution in [2.75, 3.05) is 28.2 Å². The lowest BCUT2D eigenvalue weighted by molar-refractivity contribution is 0.0938. The van der Waals surface area contributed by atoms with Crippen molar-refractivity contribution in [3.63, 3.8) is 0 Å². The SMILES string of the molecule is Cc1ccnc(NC(=O)N2c3nc(C(=O)NC(C)C)ccc3N3CC[C@H]2C3)c1. The van der Waals surface area contributed by atoms with Crippen molar-refractivity contribution in [2.24, 2.45) is 0 Å². The van der Waals surface area contributed by atoms with Crippen LogP contribution in [-0.4, -0.2) is 47.1 Å². The first-order chi connectivity index (χ1) is 13.4. The van der Waals surface area contributed by atoms with Gasteiger partial charge in [-0.15, -0.1) is 0 Å². The number of aromatic nitrogens is 2. The summed E-state index contributed by atoms with van der Waals surface area (Å²) >= 11 is 0. The summed E-state index contributed by atoms with van der Waals surface area (Å²) in [6.45, 7) is 7.38. The molecule has 28 heavy (non-hydrogen) atoms. The normalized spacial score (nSPS) is 17.5. The number of carbonyl (C=O) groups excluding carboxylic acids is 2. The van der Waals surface area contributed by atoms with Gasteiger partial charge in [-0.05, 0) is 57.0 Å². The maximum absolute atomic E-state index is 13.1. The van der Waals surface area contributed by atoms with Crippen LogP contribution in [0.4, 0.5) is 22.1 Å². The van der Waals surface area contributed by atoms with Crippen LogP contribution in [-0.2, 0) is 0 Å². The number of fused-ring (bicyclic) bond motifs is 4. The molecule has 2 bridgehead atoms. The van der Waals surface area contributed by atoms with Crippen molar-refractivity contribution in [2.45, 2.75) is 39.3 Å². The Morgan fingerprint density at radius 1 is 1.25 bits per heavy atom. The van der Waals surface area contributed by atoms with Crippen LogP contribution < -0.4 is 20.4 Å². The van der Waals surface area contributed by atoms with E-state index in [0.717, 1.165) is 30.8 Å². The van der Waals surface area contributed by atoms with Gasteiger partial charge in [0.2, 0.25) is 0 Å². The first kappa shape index (κ1) is 18.2. The summed E-state index contributed by atoms with van der Waals surface area (Å²) in [5, 5.41) is 5.72. The average molecular weight is 380 g/mol. The van der Waals surface area contributed by atoms with E-state index < -0.39 is 0 Å². The van der Waals surface area contributed by atoms with Gasteiger partial charge in [-0.25, -0.2) is 14.8 Å². The van der Waals surface area contributed by atoms with Crippen LogP contribution in [0.3, 0.4) is 0 Å². The first-order valence-corrected chi connectivity index (χ1v) is 9.52. The molecule has 8 heteroatoms. The van der Waals surface area contributed by atoms with E-state index >= 15 is 0 Å². The lowest BCUT2D eigenvalue weighted by Gasteiger charge is -2.35. The fourth-order valence-corrected chi connectivity index (χ4v) is 3.71. The van der Waals surface area contributed by atoms with Crippen molar-refractivity contribution in [1.29, 1.82) is 0 Å². The average Bonchev–Trinajstić information content (AvgIpc) is 3.05. The molecule has 2 aliphatic heterocycles. The number of amides is 3. The minimum absolute atomic E-state index is 0.0112. The molecule has 1 fully saturated rings. The molecule has 4 rings (SSSR count). The number of carbonyl (C=O) groups is 2. The number of hydrogen-bond donors (Lipinski definition) is 2. The molecule has 1 saturated heterocycles. The minimum atomic E-state index is -0.278. The lowest BCUT2D eigenvalue weighted by atomic mass is 10.1. The van der Waals surface area contributed by atoms with Crippen molar-refractivity contribution in [3.8, 4) is 0 Å². The highest BCUT2D eigenvalue weighted by molar-refractivity contribution is 6.05. The first-order valence-electron chi connectivity index (χ1n) is 9.52. The number of aryl methyl sites for hydroxylation is 1. The maximum atomic E-state index is 13.1. The van der Waals surface area contributed by atoms with Crippen LogP contribution in [0.5, 0.6) is 0 Å². The maximum Gasteiger partial charge on any atom is 0.329 e. The summed E-state index contributed by atoms with van der Waals surface area (Å²) in [4.78, 5) is 38.2. The topological polar surface area (TPSA) is 90.5 Å². The van der Waals surface area contributed by atoms with Crippen LogP contribution in [0.1, 0.15) is 36.3 Å². The monoisotopic (exact) mass is 380 g/mol. The van der Waals surface area contributed by atoms with E-state index in [1.54, 1.807) is 17.2 Å². The van der Waals surface area contributed by atoms with Gasteiger partial charge in [0.15, 0.2) is 5.82 Å². The zero-order valence-electron chi connectivity index (χ0n) is 16.3. The standard InChI is InChI=1S/C20H24N6O2/c1-12(2)22-19(27)15-4-5-16-18(23-15)26(14-7-9-25(16)11-14)20(28)24-17-10-13(3)6-8-21-17/h4-6,8,10,12,14H,7,9,11H2,1-3H3,(H,22,27)(H,21,24,28)/t14-/m0/s1. The Morgan fingerprint density at radius 2 is 2.07 bits per heavy atom. The van der Waals surface area contributed by atoms with Gasteiger partial charge in [0.25, 0.3) is 5.91 Å². The Labute approximate surface area is 164 Å². The van der Waals surface area contributed by atoms with Gasteiger partial charge in [-0.3, -0.25) is 15.0 Å². The van der Waals surface area contributed by atoms with Crippen molar-refractivity contribution in [3.05, 3.63) is 41.7 Å². The molecule has 0 aliphatic carbocycles. The van der Waals surface area contributed by atoms with Crippen molar-refractivity contribution in [1.82, 2.24) is 15.3 Å². The fourth-order valence-electron chi connectivity index (χ4n) is 3.71. The number of anilines is 3. The lowest BCUT2D eigenvalue weighted by Crippen LogP contribution is -2.48. The molecule has 146 valence electrons. The number of nitrogens with one attached hydrogen (secondary N) is 2. The highest BCUT2D eigenvalue weighted by Gasteiger charge is 2.40. The number of nitrogens with zero attached hydrogens (tertiary/aromatic N) is 4. The molecule has 2 aromatic rings. The van der Waals surface area contributed by atoms with Gasteiger partial charge in [0.1, 0.15) is 11.5 Å². The molecule has 0 spiro atoms. The molecular formula is C20H24N6O2. The molecule has 2 aromatic heterocycles. The second kappa shape index (κ2) is 7.10. The smallest absolute Gasteiger partial charge is 0.329 e. The van der Waals surface area contributed by atoms with Crippen LogP contribution in [0.15, 0.2) is 30.5 Å². The molecule has 1 atom stereocenters. The number of hydrogen-bond acceptors (Lipinski definition) is 5. The van der Waals surface area contributed by atoms with Crippen LogP contribution >= 0.6 is 0 Å². The quantitative estimate of drug-likeness (QED) is 0.854. The summed E-state index contributed by atoms with van der Waals surface area (Å²) < 4.78 is 0. The number of rotatable bonds is 3. The zero-order valence-corrected chi connectivity index (χ0v) is 16.3. The molecule has 4 heterocycles. The fraction of sp³-hybridized carbons (Fsp3) is 0.400. The molecule has 0 radical (unpaired) electrons. The third-order valence-electron chi connectivity index (χ3n) is 4.97. The second-order valence-electron chi connectivity index (χ2n) is 7.57. The van der Waals surface area contributed by atoms with E-state index in [-0.39, 0.29) is 24.0 Å². The predicted octanol–water partition coefficient (Wildman–Crippen LogP) is 2.55. The van der Waals surface area contributed by atoms with Gasteiger partial charge >= 0.3 is 6.03 Å². The third kappa shape index (κ3) is 3.37. The van der Waals surface area contributed by atoms with E-state index in [0.29, 0.717) is 17.3 Å². The Hall–Kier alpha value is -3.16. The van der Waals surface area contributed by atoms with E-state index in [2.05, 4.69) is 25.5 Å². The molecule has 8 nitrogen and oxygen atoms in total. The second-order valence-corrected chi connectivity index (χ2v) is 7.57. The van der Waals surface area contributed by atoms with Gasteiger partial charge in [0, 0.05) is 25.3 Å². The molecule has 0 saturated carbocycles. The highest BCUT2D eigenvalue weighted by atomic mass is 16.2. The van der Waals surface area contributed by atoms with Crippen molar-refractivity contribution < 1.29 is 9.59 Å². The predicted molar refractivity (Wildman–Crippen MR) is 108 cm³/mol. The van der Waals surface area contributed by atoms with E-state index in [1.165, 1.54) is 0 Å². The molecule has 0 unspecified atom stereocenters. The van der Waals surface area contributed by atoms with Gasteiger partial charge < -0.3 is 10.2 Å². The summed E-state index contributed by atoms with van der Waals surface area (Å²) in [5.41, 5.74) is 2.20. The Balaban J connectivity index is 1.67. The van der Waals surface area contributed by atoms with Crippen molar-refractivity contribution >= 4 is 29.3 Å². The van der Waals surface area contributed by atoms with Crippen LogP contribution in [0, 0.1) is 6.92 Å². The Morgan fingerprint density at radius 3 is 2.82 bits per heavy atom. The van der Waals surface area contributed by atoms with E-state index in [1.807, 2.05) is 39.0 Å². The Bertz CT molecular complexity index is 929. The minimum Gasteiger partial charge on any atom is -0.366 e. The van der Waals surface area contributed by atoms with Crippen LogP contribution in [0.2, 0.25) is 0 Å². The highest BCUT2D eigenvalue weighted by Crippen LogP contribution is 2.39. The largest absolute Gasteiger partial charge is 0.366 e. The molecular weight excluding hydrogens is 356 g/mol. The van der Waals surface area contributed by atoms with E-state index in [9.17, 15) is 9.59 Å². The van der Waals surface area contributed by atoms with Gasteiger partial charge in [-0.1, -0.05) is 0 Å². The van der Waals surface area contributed by atoms with Crippen LogP contribution in [0.25, 0.3) is 0 Å². The molecule has 3 amide bonds. The summed E-state index contributed by atoms with van der Waals surface area (Å²) in [5.74, 6) is 0.780. The molecule has 2 aliphatic rings. The summed E-state index contributed by atoms with van der Waals surface area (Å²) in [6, 6.07) is 7.05. The zero-order chi connectivity index (χ0) is 19.8. The number of urea groups is 1. The summed E-state index contributed by atoms with van der Waals surface area (Å²) in [7, 11) is 0. The molecule has 0 aromatic carbocycles. The third-order valence-corrected chi connectivity index (χ3v) is 4.97. The van der Waals surface area contributed by atoms with Gasteiger partial charge in [-0.2, -0.15) is 0 Å². The molecule has 2 N–H and O–H groups in total.